The minimum absolute atomic E-state index is 0.421. The summed E-state index contributed by atoms with van der Waals surface area (Å²) in [5.41, 5.74) is 0.421. The van der Waals surface area contributed by atoms with Crippen molar-refractivity contribution in [1.82, 2.24) is 4.98 Å². The maximum atomic E-state index is 10.2. The Balaban J connectivity index is 0.000000557. The molecule has 92 valence electrons. The molecule has 0 amide bonds. The zero-order valence-electron chi connectivity index (χ0n) is 9.87. The summed E-state index contributed by atoms with van der Waals surface area (Å²) in [5, 5.41) is 8.56. The second-order valence-corrected chi connectivity index (χ2v) is 3.78. The van der Waals surface area contributed by atoms with Gasteiger partial charge in [0.15, 0.2) is 0 Å². The lowest BCUT2D eigenvalue weighted by molar-refractivity contribution is -0.187. The third kappa shape index (κ3) is 7.53. The number of aromatic nitrogens is 1. The normalized spacial score (nSPS) is 11.8. The number of nitrogens with zero attached hydrogens (tertiary/aromatic N) is 2. The Morgan fingerprint density at radius 1 is 1.59 bits per heavy atom. The van der Waals surface area contributed by atoms with E-state index < -0.39 is 14.4 Å². The van der Waals surface area contributed by atoms with Crippen LogP contribution in [0.2, 0.25) is 0 Å². The van der Waals surface area contributed by atoms with Gasteiger partial charge in [-0.1, -0.05) is 32.8 Å². The summed E-state index contributed by atoms with van der Waals surface area (Å²) >= 11 is 0. The smallest absolute Gasteiger partial charge is 0.490 e. The minimum atomic E-state index is -3.02. The fourth-order valence-electron chi connectivity index (χ4n) is 0.776. The lowest BCUT2D eigenvalue weighted by Crippen LogP contribution is -2.00. The Hall–Kier alpha value is -1.34. The van der Waals surface area contributed by atoms with Gasteiger partial charge in [0.25, 0.3) is 0 Å². The van der Waals surface area contributed by atoms with E-state index in [1.165, 1.54) is 25.2 Å². The molecule has 2 atom stereocenters. The highest BCUT2D eigenvalue weighted by atomic mass is 31.1. The summed E-state index contributed by atoms with van der Waals surface area (Å²) < 4.78 is 14.5. The fraction of sp³-hybridized carbons (Fsp3) is 0.455. The standard InChI is InChI=1S/C7H5N2O3P.C4H10/c8-4-7(12-13(10)11)6-2-1-3-9-5-6;1-3-4-2/h1-3,5,7H;3-4H2,1-2H3. The molecule has 0 spiro atoms. The molecule has 1 aromatic heterocycles. The molecule has 1 aromatic rings. The van der Waals surface area contributed by atoms with E-state index in [-0.39, 0.29) is 0 Å². The molecule has 0 fully saturated rings. The zero-order valence-corrected chi connectivity index (χ0v) is 10.8. The van der Waals surface area contributed by atoms with Crippen LogP contribution in [0.15, 0.2) is 24.5 Å². The molecule has 0 saturated heterocycles. The molecule has 6 heteroatoms. The van der Waals surface area contributed by atoms with E-state index in [4.69, 9.17) is 5.26 Å². The van der Waals surface area contributed by atoms with Crippen molar-refractivity contribution in [3.05, 3.63) is 30.1 Å². The topological polar surface area (TPSA) is 86.0 Å². The summed E-state index contributed by atoms with van der Waals surface area (Å²) in [6, 6.07) is 4.87. The fourth-order valence-corrected chi connectivity index (χ4v) is 1.12. The van der Waals surface area contributed by atoms with Crippen LogP contribution < -0.4 is 4.89 Å². The molecular weight excluding hydrogens is 239 g/mol. The van der Waals surface area contributed by atoms with Crippen LogP contribution in [-0.4, -0.2) is 4.98 Å². The van der Waals surface area contributed by atoms with Gasteiger partial charge in [0.1, 0.15) is 6.07 Å². The average molecular weight is 254 g/mol. The van der Waals surface area contributed by atoms with Crippen molar-refractivity contribution in [1.29, 1.82) is 5.26 Å². The predicted molar refractivity (Wildman–Crippen MR) is 61.9 cm³/mol. The molecule has 17 heavy (non-hydrogen) atoms. The molecule has 1 heterocycles. The van der Waals surface area contributed by atoms with Crippen LogP contribution in [-0.2, 0) is 9.09 Å². The zero-order chi connectivity index (χ0) is 13.1. The maximum Gasteiger partial charge on any atom is 0.490 e. The first-order valence-electron chi connectivity index (χ1n) is 5.26. The maximum absolute atomic E-state index is 10.2. The van der Waals surface area contributed by atoms with Crippen molar-refractivity contribution in [2.75, 3.05) is 0 Å². The summed E-state index contributed by atoms with van der Waals surface area (Å²) in [6.45, 7) is 4.36. The van der Waals surface area contributed by atoms with Crippen molar-refractivity contribution in [3.63, 3.8) is 0 Å². The van der Waals surface area contributed by atoms with Crippen LogP contribution in [0.4, 0.5) is 0 Å². The Morgan fingerprint density at radius 3 is 2.59 bits per heavy atom. The SMILES string of the molecule is CCCC.N#CC(O[P+](=O)[O-])c1cccnc1. The molecule has 0 bridgehead atoms. The summed E-state index contributed by atoms with van der Waals surface area (Å²) in [5.74, 6) is 0. The molecule has 0 aliphatic rings. The number of pyridine rings is 1. The summed E-state index contributed by atoms with van der Waals surface area (Å²) in [7, 11) is -3.02. The van der Waals surface area contributed by atoms with Crippen molar-refractivity contribution < 1.29 is 14.0 Å². The first kappa shape index (κ1) is 15.7. The first-order valence-corrected chi connectivity index (χ1v) is 6.35. The van der Waals surface area contributed by atoms with Crippen LogP contribution in [0, 0.1) is 11.3 Å². The Labute approximate surface area is 102 Å². The summed E-state index contributed by atoms with van der Waals surface area (Å²) in [4.78, 5) is 13.9. The van der Waals surface area contributed by atoms with Crippen LogP contribution in [0.25, 0.3) is 0 Å². The van der Waals surface area contributed by atoms with Crippen molar-refractivity contribution in [2.45, 2.75) is 32.8 Å². The highest BCUT2D eigenvalue weighted by molar-refractivity contribution is 7.30. The van der Waals surface area contributed by atoms with Gasteiger partial charge in [-0.3, -0.25) is 4.98 Å². The van der Waals surface area contributed by atoms with E-state index >= 15 is 0 Å². The van der Waals surface area contributed by atoms with Crippen molar-refractivity contribution >= 4 is 8.25 Å². The van der Waals surface area contributed by atoms with Gasteiger partial charge in [-0.25, -0.2) is 0 Å². The summed E-state index contributed by atoms with van der Waals surface area (Å²) in [6.07, 6.45) is 4.44. The van der Waals surface area contributed by atoms with Crippen molar-refractivity contribution in [3.8, 4) is 6.07 Å². The lowest BCUT2D eigenvalue weighted by atomic mass is 10.2. The number of unbranched alkanes of at least 4 members (excludes halogenated alkanes) is 1. The quantitative estimate of drug-likeness (QED) is 0.770. The van der Waals surface area contributed by atoms with E-state index in [0.717, 1.165) is 0 Å². The van der Waals surface area contributed by atoms with Crippen LogP contribution in [0.3, 0.4) is 0 Å². The molecule has 0 aliphatic heterocycles. The average Bonchev–Trinajstić information content (AvgIpc) is 2.37. The van der Waals surface area contributed by atoms with Gasteiger partial charge in [0, 0.05) is 18.0 Å². The van der Waals surface area contributed by atoms with Crippen molar-refractivity contribution in [2.24, 2.45) is 0 Å². The first-order chi connectivity index (χ1) is 8.15. The van der Waals surface area contributed by atoms with E-state index in [0.29, 0.717) is 5.56 Å². The predicted octanol–water partition coefficient (Wildman–Crippen LogP) is 2.49. The van der Waals surface area contributed by atoms with Crippen LogP contribution in [0.5, 0.6) is 0 Å². The lowest BCUT2D eigenvalue weighted by Gasteiger charge is -2.01. The van der Waals surface area contributed by atoms with Gasteiger partial charge >= 0.3 is 8.25 Å². The molecule has 1 rings (SSSR count). The molecule has 0 aliphatic carbocycles. The third-order valence-corrected chi connectivity index (χ3v) is 2.18. The largest absolute Gasteiger partial charge is 0.566 e. The van der Waals surface area contributed by atoms with Gasteiger partial charge in [-0.05, 0) is 10.6 Å². The van der Waals surface area contributed by atoms with Crippen LogP contribution in [0.1, 0.15) is 38.4 Å². The van der Waals surface area contributed by atoms with Gasteiger partial charge in [-0.2, -0.15) is 5.26 Å². The molecule has 0 radical (unpaired) electrons. The van der Waals surface area contributed by atoms with E-state index in [1.807, 2.05) is 0 Å². The highest BCUT2D eigenvalue weighted by Gasteiger charge is 2.18. The second kappa shape index (κ2) is 9.86. The number of nitriles is 1. The molecular formula is C11H15N2O3P. The highest BCUT2D eigenvalue weighted by Crippen LogP contribution is 2.24. The Morgan fingerprint density at radius 2 is 2.24 bits per heavy atom. The molecule has 5 nitrogen and oxygen atoms in total. The number of hydrogen-bond donors (Lipinski definition) is 0. The molecule has 0 aromatic carbocycles. The number of hydrogen-bond acceptors (Lipinski definition) is 5. The van der Waals surface area contributed by atoms with E-state index in [2.05, 4.69) is 23.4 Å². The van der Waals surface area contributed by atoms with E-state index in [9.17, 15) is 9.46 Å². The van der Waals surface area contributed by atoms with Crippen LogP contribution >= 0.6 is 8.25 Å². The van der Waals surface area contributed by atoms with Gasteiger partial charge in [0.05, 0.1) is 0 Å². The van der Waals surface area contributed by atoms with Gasteiger partial charge < -0.3 is 4.89 Å². The number of rotatable bonds is 4. The minimum Gasteiger partial charge on any atom is -0.566 e. The van der Waals surface area contributed by atoms with Gasteiger partial charge in [0.2, 0.25) is 6.10 Å². The molecule has 0 N–H and O–H groups in total. The van der Waals surface area contributed by atoms with Gasteiger partial charge in [-0.15, -0.1) is 4.52 Å². The third-order valence-electron chi connectivity index (χ3n) is 1.80. The molecule has 0 saturated carbocycles. The Bertz CT molecular complexity index is 363. The second-order valence-electron chi connectivity index (χ2n) is 3.12. The molecule has 2 unspecified atom stereocenters. The Kier molecular flexibility index (Phi) is 9.08. The monoisotopic (exact) mass is 254 g/mol. The van der Waals surface area contributed by atoms with E-state index in [1.54, 1.807) is 18.2 Å².